The lowest BCUT2D eigenvalue weighted by Gasteiger charge is -2.23. The minimum Gasteiger partial charge on any atom is -0.367 e. The number of benzene rings is 2. The standard InChI is InChI=1S/C15H15BrFN/c1-2-18(11-12-6-4-3-5-7-12)13-8-9-14(16)15(17)10-13/h3-10H,2,11H2,1H3. The molecule has 0 fully saturated rings. The zero-order valence-electron chi connectivity index (χ0n) is 10.2. The van der Waals surface area contributed by atoms with E-state index in [1.165, 1.54) is 5.56 Å². The van der Waals surface area contributed by atoms with Gasteiger partial charge in [0.1, 0.15) is 5.82 Å². The molecule has 0 heterocycles. The van der Waals surface area contributed by atoms with Crippen molar-refractivity contribution in [2.45, 2.75) is 13.5 Å². The van der Waals surface area contributed by atoms with Crippen LogP contribution in [0.5, 0.6) is 0 Å². The van der Waals surface area contributed by atoms with Gasteiger partial charge in [0.2, 0.25) is 0 Å². The average Bonchev–Trinajstić information content (AvgIpc) is 2.40. The quantitative estimate of drug-likeness (QED) is 0.797. The van der Waals surface area contributed by atoms with Gasteiger partial charge < -0.3 is 4.90 Å². The Bertz CT molecular complexity index is 513. The van der Waals surface area contributed by atoms with E-state index >= 15 is 0 Å². The van der Waals surface area contributed by atoms with Crippen molar-refractivity contribution < 1.29 is 4.39 Å². The Morgan fingerprint density at radius 1 is 1.11 bits per heavy atom. The molecule has 0 saturated heterocycles. The summed E-state index contributed by atoms with van der Waals surface area (Å²) in [7, 11) is 0. The van der Waals surface area contributed by atoms with Crippen LogP contribution in [0, 0.1) is 5.82 Å². The Balaban J connectivity index is 2.20. The lowest BCUT2D eigenvalue weighted by molar-refractivity contribution is 0.620. The molecule has 18 heavy (non-hydrogen) atoms. The van der Waals surface area contributed by atoms with E-state index in [9.17, 15) is 4.39 Å². The van der Waals surface area contributed by atoms with Gasteiger partial charge in [-0.3, -0.25) is 0 Å². The van der Waals surface area contributed by atoms with Gasteiger partial charge in [0.15, 0.2) is 0 Å². The summed E-state index contributed by atoms with van der Waals surface area (Å²) >= 11 is 3.17. The van der Waals surface area contributed by atoms with Crippen LogP contribution in [0.2, 0.25) is 0 Å². The van der Waals surface area contributed by atoms with Crippen molar-refractivity contribution in [3.8, 4) is 0 Å². The average molecular weight is 308 g/mol. The summed E-state index contributed by atoms with van der Waals surface area (Å²) in [4.78, 5) is 2.14. The third kappa shape index (κ3) is 3.10. The second-order valence-corrected chi connectivity index (χ2v) is 4.95. The second-order valence-electron chi connectivity index (χ2n) is 4.10. The van der Waals surface area contributed by atoms with Crippen LogP contribution in [0.3, 0.4) is 0 Å². The summed E-state index contributed by atoms with van der Waals surface area (Å²) in [5.74, 6) is -0.223. The van der Waals surface area contributed by atoms with Gasteiger partial charge in [-0.25, -0.2) is 4.39 Å². The molecule has 0 aliphatic rings. The highest BCUT2D eigenvalue weighted by Gasteiger charge is 2.07. The maximum Gasteiger partial charge on any atom is 0.139 e. The normalized spacial score (nSPS) is 10.4. The first-order valence-electron chi connectivity index (χ1n) is 5.94. The molecule has 2 rings (SSSR count). The van der Waals surface area contributed by atoms with E-state index in [2.05, 4.69) is 39.9 Å². The topological polar surface area (TPSA) is 3.24 Å². The van der Waals surface area contributed by atoms with E-state index in [1.807, 2.05) is 24.3 Å². The molecule has 3 heteroatoms. The van der Waals surface area contributed by atoms with Gasteiger partial charge in [0, 0.05) is 18.8 Å². The number of nitrogens with zero attached hydrogens (tertiary/aromatic N) is 1. The van der Waals surface area contributed by atoms with E-state index in [0.717, 1.165) is 18.8 Å². The molecule has 0 amide bonds. The van der Waals surface area contributed by atoms with E-state index in [4.69, 9.17) is 0 Å². The molecule has 0 bridgehead atoms. The predicted molar refractivity (Wildman–Crippen MR) is 77.3 cm³/mol. The van der Waals surface area contributed by atoms with Gasteiger partial charge in [-0.15, -0.1) is 0 Å². The fourth-order valence-corrected chi connectivity index (χ4v) is 2.12. The van der Waals surface area contributed by atoms with Gasteiger partial charge in [-0.1, -0.05) is 30.3 Å². The molecule has 1 nitrogen and oxygen atoms in total. The molecule has 2 aromatic carbocycles. The molecule has 94 valence electrons. The Kier molecular flexibility index (Phi) is 4.37. The van der Waals surface area contributed by atoms with Crippen LogP contribution in [0.15, 0.2) is 53.0 Å². The number of anilines is 1. The highest BCUT2D eigenvalue weighted by Crippen LogP contribution is 2.23. The Labute approximate surface area is 115 Å². The Hall–Kier alpha value is -1.35. The third-order valence-corrected chi connectivity index (χ3v) is 3.51. The van der Waals surface area contributed by atoms with Crippen LogP contribution in [0.1, 0.15) is 12.5 Å². The van der Waals surface area contributed by atoms with E-state index in [1.54, 1.807) is 12.1 Å². The van der Waals surface area contributed by atoms with Crippen LogP contribution >= 0.6 is 15.9 Å². The SMILES string of the molecule is CCN(Cc1ccccc1)c1ccc(Br)c(F)c1. The van der Waals surface area contributed by atoms with Crippen molar-refractivity contribution in [3.05, 3.63) is 64.4 Å². The Morgan fingerprint density at radius 2 is 1.83 bits per heavy atom. The largest absolute Gasteiger partial charge is 0.367 e. The lowest BCUT2D eigenvalue weighted by Crippen LogP contribution is -2.22. The molecule has 0 aliphatic heterocycles. The minimum absolute atomic E-state index is 0.223. The molecule has 2 aromatic rings. The summed E-state index contributed by atoms with van der Waals surface area (Å²) in [5.41, 5.74) is 2.13. The predicted octanol–water partition coefficient (Wildman–Crippen LogP) is 4.61. The molecular formula is C15H15BrFN. The summed E-state index contributed by atoms with van der Waals surface area (Å²) in [5, 5.41) is 0. The van der Waals surface area contributed by atoms with Crippen LogP contribution in [-0.2, 0) is 6.54 Å². The first kappa shape index (κ1) is 13.1. The lowest BCUT2D eigenvalue weighted by atomic mass is 10.2. The molecular weight excluding hydrogens is 293 g/mol. The zero-order valence-corrected chi connectivity index (χ0v) is 11.8. The smallest absolute Gasteiger partial charge is 0.139 e. The summed E-state index contributed by atoms with van der Waals surface area (Å²) in [6.07, 6.45) is 0. The van der Waals surface area contributed by atoms with Crippen LogP contribution < -0.4 is 4.90 Å². The van der Waals surface area contributed by atoms with Crippen molar-refractivity contribution >= 4 is 21.6 Å². The fourth-order valence-electron chi connectivity index (χ4n) is 1.87. The van der Waals surface area contributed by atoms with Crippen molar-refractivity contribution in [1.29, 1.82) is 0 Å². The fraction of sp³-hybridized carbons (Fsp3) is 0.200. The molecule has 0 aromatic heterocycles. The number of halogens is 2. The number of hydrogen-bond acceptors (Lipinski definition) is 1. The molecule has 0 unspecified atom stereocenters. The van der Waals surface area contributed by atoms with Crippen molar-refractivity contribution in [3.63, 3.8) is 0 Å². The van der Waals surface area contributed by atoms with E-state index in [-0.39, 0.29) is 5.82 Å². The van der Waals surface area contributed by atoms with Gasteiger partial charge in [0.25, 0.3) is 0 Å². The van der Waals surface area contributed by atoms with E-state index in [0.29, 0.717) is 4.47 Å². The van der Waals surface area contributed by atoms with Gasteiger partial charge in [-0.05, 0) is 46.6 Å². The summed E-state index contributed by atoms with van der Waals surface area (Å²) in [6.45, 7) is 3.71. The maximum absolute atomic E-state index is 13.5. The van der Waals surface area contributed by atoms with Crippen LogP contribution in [-0.4, -0.2) is 6.54 Å². The monoisotopic (exact) mass is 307 g/mol. The van der Waals surface area contributed by atoms with Gasteiger partial charge >= 0.3 is 0 Å². The first-order chi connectivity index (χ1) is 8.70. The number of hydrogen-bond donors (Lipinski definition) is 0. The minimum atomic E-state index is -0.223. The third-order valence-electron chi connectivity index (χ3n) is 2.87. The van der Waals surface area contributed by atoms with Gasteiger partial charge in [-0.2, -0.15) is 0 Å². The first-order valence-corrected chi connectivity index (χ1v) is 6.74. The molecule has 0 radical (unpaired) electrons. The Morgan fingerprint density at radius 3 is 2.44 bits per heavy atom. The summed E-state index contributed by atoms with van der Waals surface area (Å²) < 4.78 is 14.0. The van der Waals surface area contributed by atoms with Crippen molar-refractivity contribution in [2.24, 2.45) is 0 Å². The molecule has 0 atom stereocenters. The highest BCUT2D eigenvalue weighted by molar-refractivity contribution is 9.10. The number of rotatable bonds is 4. The molecule has 0 N–H and O–H groups in total. The highest BCUT2D eigenvalue weighted by atomic mass is 79.9. The van der Waals surface area contributed by atoms with E-state index < -0.39 is 0 Å². The second kappa shape index (κ2) is 6.01. The van der Waals surface area contributed by atoms with Gasteiger partial charge in [0.05, 0.1) is 4.47 Å². The molecule has 0 spiro atoms. The molecule has 0 aliphatic carbocycles. The van der Waals surface area contributed by atoms with Crippen molar-refractivity contribution in [1.82, 2.24) is 0 Å². The van der Waals surface area contributed by atoms with Crippen molar-refractivity contribution in [2.75, 3.05) is 11.4 Å². The maximum atomic E-state index is 13.5. The van der Waals surface area contributed by atoms with Crippen LogP contribution in [0.4, 0.5) is 10.1 Å². The summed E-state index contributed by atoms with van der Waals surface area (Å²) in [6, 6.07) is 15.4. The molecule has 0 saturated carbocycles. The zero-order chi connectivity index (χ0) is 13.0. The van der Waals surface area contributed by atoms with Crippen LogP contribution in [0.25, 0.3) is 0 Å².